The minimum Gasteiger partial charge on any atom is -0.350 e. The monoisotopic (exact) mass is 372 g/mol. The molecule has 0 radical (unpaired) electrons. The van der Waals surface area contributed by atoms with E-state index in [1.165, 1.54) is 4.52 Å². The second kappa shape index (κ2) is 7.49. The molecule has 1 aromatic carbocycles. The highest BCUT2D eigenvalue weighted by atomic mass is 35.5. The van der Waals surface area contributed by atoms with Crippen LogP contribution >= 0.6 is 11.6 Å². The molecule has 2 amide bonds. The lowest BCUT2D eigenvalue weighted by atomic mass is 10.2. The van der Waals surface area contributed by atoms with Crippen LogP contribution in [0.5, 0.6) is 0 Å². The second-order valence-corrected chi connectivity index (χ2v) is 6.14. The Morgan fingerprint density at radius 3 is 2.38 bits per heavy atom. The first-order valence-corrected chi connectivity index (χ1v) is 8.35. The summed E-state index contributed by atoms with van der Waals surface area (Å²) in [4.78, 5) is 32.5. The lowest BCUT2D eigenvalue weighted by Gasteiger charge is -2.06. The lowest BCUT2D eigenvalue weighted by molar-refractivity contribution is 0.0922. The average molecular weight is 373 g/mol. The molecule has 8 nitrogen and oxygen atoms in total. The first-order chi connectivity index (χ1) is 12.4. The minimum atomic E-state index is -0.423. The van der Waals surface area contributed by atoms with Crippen molar-refractivity contribution in [3.8, 4) is 0 Å². The number of halogens is 1. The minimum absolute atomic E-state index is 0.0372. The van der Waals surface area contributed by atoms with E-state index < -0.39 is 5.91 Å². The summed E-state index contributed by atoms with van der Waals surface area (Å²) in [7, 11) is 0. The molecule has 2 aromatic heterocycles. The van der Waals surface area contributed by atoms with Crippen LogP contribution < -0.4 is 10.6 Å². The molecule has 0 aliphatic carbocycles. The molecule has 26 heavy (non-hydrogen) atoms. The zero-order chi connectivity index (χ0) is 18.7. The van der Waals surface area contributed by atoms with Gasteiger partial charge in [0.05, 0.1) is 0 Å². The van der Waals surface area contributed by atoms with Crippen molar-refractivity contribution in [2.24, 2.45) is 0 Å². The van der Waals surface area contributed by atoms with Gasteiger partial charge >= 0.3 is 0 Å². The lowest BCUT2D eigenvalue weighted by Crippen LogP contribution is -2.35. The number of carbonyl (C=O) groups excluding carboxylic acids is 2. The highest BCUT2D eigenvalue weighted by Gasteiger charge is 2.14. The number of aromatic nitrogens is 4. The zero-order valence-corrected chi connectivity index (χ0v) is 15.0. The molecule has 0 spiro atoms. The summed E-state index contributed by atoms with van der Waals surface area (Å²) >= 11 is 5.79. The van der Waals surface area contributed by atoms with Crippen LogP contribution in [0.3, 0.4) is 0 Å². The fourth-order valence-electron chi connectivity index (χ4n) is 2.40. The quantitative estimate of drug-likeness (QED) is 0.662. The number of hydrogen-bond donors (Lipinski definition) is 2. The second-order valence-electron chi connectivity index (χ2n) is 5.70. The molecular formula is C17H17ClN6O2. The molecule has 3 rings (SSSR count). The Labute approximate surface area is 154 Å². The van der Waals surface area contributed by atoms with Crippen molar-refractivity contribution >= 4 is 29.2 Å². The standard InChI is InChI=1S/C17H17ClN6O2/c1-10-9-11(2)24-17(21-10)22-14(23-24)16(26)20-8-7-19-15(25)12-3-5-13(18)6-4-12/h3-6,9H,7-8H2,1-2H3,(H,19,25)(H,20,26). The van der Waals surface area contributed by atoms with Crippen LogP contribution in [-0.4, -0.2) is 44.5 Å². The third kappa shape index (κ3) is 3.97. The van der Waals surface area contributed by atoms with Gasteiger partial charge in [0, 0.05) is 35.1 Å². The number of nitrogens with one attached hydrogen (secondary N) is 2. The molecular weight excluding hydrogens is 356 g/mol. The van der Waals surface area contributed by atoms with Gasteiger partial charge in [0.1, 0.15) is 0 Å². The van der Waals surface area contributed by atoms with Crippen molar-refractivity contribution in [2.45, 2.75) is 13.8 Å². The van der Waals surface area contributed by atoms with Gasteiger partial charge in [-0.15, -0.1) is 5.10 Å². The molecule has 0 saturated carbocycles. The number of aryl methyl sites for hydroxylation is 2. The van der Waals surface area contributed by atoms with Crippen LogP contribution in [0.25, 0.3) is 5.78 Å². The first kappa shape index (κ1) is 17.8. The molecule has 0 aliphatic rings. The summed E-state index contributed by atoms with van der Waals surface area (Å²) in [6.45, 7) is 4.24. The fourth-order valence-corrected chi connectivity index (χ4v) is 2.52. The van der Waals surface area contributed by atoms with Crippen molar-refractivity contribution in [3.63, 3.8) is 0 Å². The highest BCUT2D eigenvalue weighted by molar-refractivity contribution is 6.30. The van der Waals surface area contributed by atoms with Gasteiger partial charge in [-0.1, -0.05) is 11.6 Å². The summed E-state index contributed by atoms with van der Waals surface area (Å²) in [6, 6.07) is 8.41. The molecule has 9 heteroatoms. The van der Waals surface area contributed by atoms with E-state index in [2.05, 4.69) is 25.7 Å². The van der Waals surface area contributed by atoms with Crippen LogP contribution in [0.4, 0.5) is 0 Å². The summed E-state index contributed by atoms with van der Waals surface area (Å²) in [5, 5.41) is 10.1. The van der Waals surface area contributed by atoms with Gasteiger partial charge in [0.15, 0.2) is 0 Å². The molecule has 2 N–H and O–H groups in total. The van der Waals surface area contributed by atoms with Crippen LogP contribution in [0.15, 0.2) is 30.3 Å². The molecule has 0 fully saturated rings. The predicted octanol–water partition coefficient (Wildman–Crippen LogP) is 1.55. The highest BCUT2D eigenvalue weighted by Crippen LogP contribution is 2.09. The van der Waals surface area contributed by atoms with E-state index in [4.69, 9.17) is 11.6 Å². The fraction of sp³-hybridized carbons (Fsp3) is 0.235. The maximum atomic E-state index is 12.2. The average Bonchev–Trinajstić information content (AvgIpc) is 3.03. The van der Waals surface area contributed by atoms with Gasteiger partial charge in [0.25, 0.3) is 17.6 Å². The number of rotatable bonds is 5. The zero-order valence-electron chi connectivity index (χ0n) is 14.3. The number of carbonyl (C=O) groups is 2. The van der Waals surface area contributed by atoms with Crippen LogP contribution in [0.1, 0.15) is 32.4 Å². The Hall–Kier alpha value is -3.00. The molecule has 2 heterocycles. The van der Waals surface area contributed by atoms with Crippen molar-refractivity contribution in [2.75, 3.05) is 13.1 Å². The van der Waals surface area contributed by atoms with Crippen molar-refractivity contribution in [1.82, 2.24) is 30.2 Å². The van der Waals surface area contributed by atoms with Gasteiger partial charge < -0.3 is 10.6 Å². The van der Waals surface area contributed by atoms with E-state index in [-0.39, 0.29) is 24.8 Å². The van der Waals surface area contributed by atoms with E-state index >= 15 is 0 Å². The van der Waals surface area contributed by atoms with E-state index in [0.29, 0.717) is 16.4 Å². The van der Waals surface area contributed by atoms with Crippen molar-refractivity contribution in [3.05, 3.63) is 58.1 Å². The number of benzene rings is 1. The van der Waals surface area contributed by atoms with E-state index in [0.717, 1.165) is 11.4 Å². The summed E-state index contributed by atoms with van der Waals surface area (Å²) in [5.41, 5.74) is 2.15. The predicted molar refractivity (Wildman–Crippen MR) is 96.4 cm³/mol. The topological polar surface area (TPSA) is 101 Å². The van der Waals surface area contributed by atoms with Crippen molar-refractivity contribution in [1.29, 1.82) is 0 Å². The Morgan fingerprint density at radius 1 is 1.04 bits per heavy atom. The molecule has 134 valence electrons. The number of amides is 2. The number of nitrogens with zero attached hydrogens (tertiary/aromatic N) is 4. The molecule has 3 aromatic rings. The Kier molecular flexibility index (Phi) is 5.13. The van der Waals surface area contributed by atoms with E-state index in [1.807, 2.05) is 19.9 Å². The molecule has 0 bridgehead atoms. The van der Waals surface area contributed by atoms with Gasteiger partial charge in [-0.05, 0) is 44.2 Å². The SMILES string of the molecule is Cc1cc(C)n2nc(C(=O)NCCNC(=O)c3ccc(Cl)cc3)nc2n1. The summed E-state index contributed by atoms with van der Waals surface area (Å²) < 4.78 is 1.52. The number of hydrogen-bond acceptors (Lipinski definition) is 5. The normalized spacial score (nSPS) is 10.7. The third-order valence-corrected chi connectivity index (χ3v) is 3.88. The molecule has 0 aliphatic heterocycles. The molecule has 0 atom stereocenters. The molecule has 0 saturated heterocycles. The third-order valence-electron chi connectivity index (χ3n) is 3.62. The first-order valence-electron chi connectivity index (χ1n) is 7.97. The Balaban J connectivity index is 1.53. The van der Waals surface area contributed by atoms with Crippen LogP contribution in [0, 0.1) is 13.8 Å². The van der Waals surface area contributed by atoms with Crippen LogP contribution in [-0.2, 0) is 0 Å². The maximum Gasteiger partial charge on any atom is 0.291 e. The van der Waals surface area contributed by atoms with E-state index in [9.17, 15) is 9.59 Å². The van der Waals surface area contributed by atoms with Gasteiger partial charge in [-0.3, -0.25) is 9.59 Å². The summed E-state index contributed by atoms with van der Waals surface area (Å²) in [5.74, 6) is -0.246. The Morgan fingerprint density at radius 2 is 1.69 bits per heavy atom. The van der Waals surface area contributed by atoms with E-state index in [1.54, 1.807) is 24.3 Å². The largest absolute Gasteiger partial charge is 0.350 e. The van der Waals surface area contributed by atoms with Crippen molar-refractivity contribution < 1.29 is 9.59 Å². The van der Waals surface area contributed by atoms with Gasteiger partial charge in [-0.2, -0.15) is 4.98 Å². The Bertz CT molecular complexity index is 967. The maximum absolute atomic E-state index is 12.2. The summed E-state index contributed by atoms with van der Waals surface area (Å²) in [6.07, 6.45) is 0. The van der Waals surface area contributed by atoms with Gasteiger partial charge in [0.2, 0.25) is 5.82 Å². The van der Waals surface area contributed by atoms with Gasteiger partial charge in [-0.25, -0.2) is 9.50 Å². The molecule has 0 unspecified atom stereocenters. The van der Waals surface area contributed by atoms with Crippen LogP contribution in [0.2, 0.25) is 5.02 Å². The smallest absolute Gasteiger partial charge is 0.291 e. The number of fused-ring (bicyclic) bond motifs is 1.